The van der Waals surface area contributed by atoms with Crippen LogP contribution < -0.4 is 5.43 Å². The Morgan fingerprint density at radius 2 is 2.08 bits per heavy atom. The third-order valence-corrected chi connectivity index (χ3v) is 5.84. The van der Waals surface area contributed by atoms with E-state index >= 15 is 0 Å². The Balaban J connectivity index is 1.61. The van der Waals surface area contributed by atoms with Gasteiger partial charge in [-0.25, -0.2) is 5.43 Å². The van der Waals surface area contributed by atoms with Crippen molar-refractivity contribution in [2.75, 3.05) is 0 Å². The van der Waals surface area contributed by atoms with Crippen molar-refractivity contribution in [2.24, 2.45) is 11.0 Å². The molecule has 0 spiro atoms. The largest absolute Gasteiger partial charge is 0.416 e. The molecule has 3 rings (SSSR count). The molecule has 1 amide bonds. The van der Waals surface area contributed by atoms with Gasteiger partial charge in [0.25, 0.3) is 5.91 Å². The lowest BCUT2D eigenvalue weighted by Crippen LogP contribution is -2.16. The molecule has 26 heavy (non-hydrogen) atoms. The summed E-state index contributed by atoms with van der Waals surface area (Å²) in [7, 11) is 0. The molecule has 0 saturated carbocycles. The maximum Gasteiger partial charge on any atom is 0.416 e. The van der Waals surface area contributed by atoms with Crippen LogP contribution in [0, 0.1) is 5.92 Å². The number of rotatable bonds is 4. The van der Waals surface area contributed by atoms with Crippen LogP contribution in [0.3, 0.4) is 0 Å². The Hall–Kier alpha value is -2.15. The van der Waals surface area contributed by atoms with Crippen LogP contribution in [-0.4, -0.2) is 12.1 Å². The lowest BCUT2D eigenvalue weighted by Gasteiger charge is -2.19. The quantitative estimate of drug-likeness (QED) is 0.586. The fourth-order valence-corrected chi connectivity index (χ4v) is 4.14. The molecule has 1 aliphatic carbocycles. The molecule has 3 nitrogen and oxygen atoms in total. The maximum atomic E-state index is 12.5. The Kier molecular flexibility index (Phi) is 5.46. The number of alkyl halides is 3. The third kappa shape index (κ3) is 4.33. The summed E-state index contributed by atoms with van der Waals surface area (Å²) in [6, 6.07) is 6.53. The van der Waals surface area contributed by atoms with E-state index in [1.165, 1.54) is 40.1 Å². The van der Waals surface area contributed by atoms with Gasteiger partial charge in [-0.1, -0.05) is 25.5 Å². The predicted octanol–water partition coefficient (Wildman–Crippen LogP) is 5.05. The summed E-state index contributed by atoms with van der Waals surface area (Å²) >= 11 is 1.50. The van der Waals surface area contributed by atoms with E-state index in [2.05, 4.69) is 17.5 Å². The topological polar surface area (TPSA) is 41.5 Å². The van der Waals surface area contributed by atoms with Gasteiger partial charge < -0.3 is 0 Å². The molecule has 0 bridgehead atoms. The van der Waals surface area contributed by atoms with Crippen molar-refractivity contribution in [3.63, 3.8) is 0 Å². The highest BCUT2D eigenvalue weighted by Gasteiger charge is 2.29. The maximum absolute atomic E-state index is 12.5. The van der Waals surface area contributed by atoms with Crippen LogP contribution in [-0.2, 0) is 19.0 Å². The molecule has 1 N–H and O–H groups in total. The van der Waals surface area contributed by atoms with E-state index < -0.39 is 11.7 Å². The third-order valence-electron chi connectivity index (χ3n) is 4.60. The van der Waals surface area contributed by atoms with E-state index in [0.29, 0.717) is 16.4 Å². The highest BCUT2D eigenvalue weighted by Crippen LogP contribution is 2.33. The number of hydrazone groups is 1. The number of nitrogens with one attached hydrogen (secondary N) is 1. The van der Waals surface area contributed by atoms with Gasteiger partial charge in [0.05, 0.1) is 16.7 Å². The fraction of sp³-hybridized carbons (Fsp3) is 0.368. The van der Waals surface area contributed by atoms with Gasteiger partial charge in [0.2, 0.25) is 0 Å². The highest BCUT2D eigenvalue weighted by molar-refractivity contribution is 7.14. The summed E-state index contributed by atoms with van der Waals surface area (Å²) in [4.78, 5) is 14.1. The Bertz CT molecular complexity index is 809. The first-order chi connectivity index (χ1) is 12.4. The van der Waals surface area contributed by atoms with Crippen molar-refractivity contribution in [1.29, 1.82) is 0 Å². The molecule has 0 saturated heterocycles. The first-order valence-electron chi connectivity index (χ1n) is 8.49. The summed E-state index contributed by atoms with van der Waals surface area (Å²) in [5.41, 5.74) is 3.47. The van der Waals surface area contributed by atoms with E-state index in [0.717, 1.165) is 37.8 Å². The van der Waals surface area contributed by atoms with Crippen LogP contribution in [0.2, 0.25) is 0 Å². The molecule has 0 aliphatic heterocycles. The Morgan fingerprint density at radius 1 is 1.35 bits per heavy atom. The minimum Gasteiger partial charge on any atom is -0.266 e. The van der Waals surface area contributed by atoms with Crippen LogP contribution in [0.1, 0.15) is 51.0 Å². The number of hydrogen-bond donors (Lipinski definition) is 1. The zero-order chi connectivity index (χ0) is 18.7. The number of halogens is 3. The number of hydrogen-bond acceptors (Lipinski definition) is 3. The molecule has 0 radical (unpaired) electrons. The van der Waals surface area contributed by atoms with Crippen molar-refractivity contribution in [2.45, 2.75) is 38.8 Å². The van der Waals surface area contributed by atoms with Gasteiger partial charge in [-0.3, -0.25) is 4.79 Å². The van der Waals surface area contributed by atoms with Gasteiger partial charge in [-0.15, -0.1) is 11.3 Å². The lowest BCUT2D eigenvalue weighted by atomic mass is 9.87. The number of fused-ring (bicyclic) bond motifs is 1. The summed E-state index contributed by atoms with van der Waals surface area (Å²) < 4.78 is 37.6. The number of carbonyl (C=O) groups excluding carboxylic acids is 1. The number of thiophene rings is 1. The van der Waals surface area contributed by atoms with Gasteiger partial charge in [-0.05, 0) is 54.5 Å². The average molecular weight is 380 g/mol. The number of amides is 1. The van der Waals surface area contributed by atoms with Crippen molar-refractivity contribution >= 4 is 23.5 Å². The van der Waals surface area contributed by atoms with E-state index in [1.54, 1.807) is 0 Å². The molecule has 0 fully saturated rings. The molecule has 2 aromatic rings. The zero-order valence-electron chi connectivity index (χ0n) is 14.3. The number of carbonyl (C=O) groups is 1. The van der Waals surface area contributed by atoms with Crippen LogP contribution in [0.15, 0.2) is 35.4 Å². The number of benzene rings is 1. The van der Waals surface area contributed by atoms with Gasteiger partial charge >= 0.3 is 6.18 Å². The predicted molar refractivity (Wildman–Crippen MR) is 96.6 cm³/mol. The van der Waals surface area contributed by atoms with Crippen LogP contribution in [0.4, 0.5) is 13.2 Å². The van der Waals surface area contributed by atoms with Gasteiger partial charge in [0.15, 0.2) is 0 Å². The molecule has 0 unspecified atom stereocenters. The smallest absolute Gasteiger partial charge is 0.266 e. The summed E-state index contributed by atoms with van der Waals surface area (Å²) in [5, 5.41) is 3.85. The number of nitrogens with zero attached hydrogens (tertiary/aromatic N) is 1. The zero-order valence-corrected chi connectivity index (χ0v) is 15.1. The molecule has 1 atom stereocenters. The van der Waals surface area contributed by atoms with Crippen molar-refractivity contribution in [1.82, 2.24) is 5.43 Å². The summed E-state index contributed by atoms with van der Waals surface area (Å²) in [6.07, 6.45) is 1.31. The molecule has 138 valence electrons. The fourth-order valence-electron chi connectivity index (χ4n) is 3.04. The molecule has 1 aromatic carbocycles. The number of aryl methyl sites for hydroxylation is 1. The van der Waals surface area contributed by atoms with E-state index in [-0.39, 0.29) is 5.91 Å². The van der Waals surface area contributed by atoms with Gasteiger partial charge in [0.1, 0.15) is 0 Å². The van der Waals surface area contributed by atoms with Crippen LogP contribution in [0.5, 0.6) is 0 Å². The van der Waals surface area contributed by atoms with Crippen molar-refractivity contribution in [3.8, 4) is 0 Å². The SMILES string of the molecule is CC[C@@H]1CCc2sc(C(=O)N/N=C\c3ccc(C(F)(F)F)cc3)cc2C1. The van der Waals surface area contributed by atoms with Crippen LogP contribution in [0.25, 0.3) is 0 Å². The monoisotopic (exact) mass is 380 g/mol. The average Bonchev–Trinajstić information content (AvgIpc) is 3.04. The first kappa shape index (κ1) is 18.6. The minimum atomic E-state index is -4.36. The Morgan fingerprint density at radius 3 is 2.73 bits per heavy atom. The van der Waals surface area contributed by atoms with Gasteiger partial charge in [0, 0.05) is 4.88 Å². The second-order valence-electron chi connectivity index (χ2n) is 6.40. The standard InChI is InChI=1S/C19H19F3N2OS/c1-2-12-5-8-16-14(9-12)10-17(26-16)18(25)24-23-11-13-3-6-15(7-4-13)19(20,21)22/h3-4,6-7,10-12H,2,5,8-9H2,1H3,(H,24,25)/b23-11-/t12-/m1/s1. The molecular formula is C19H19F3N2OS. The molecule has 7 heteroatoms. The molecular weight excluding hydrogens is 361 g/mol. The summed E-state index contributed by atoms with van der Waals surface area (Å²) in [6.45, 7) is 2.19. The summed E-state index contributed by atoms with van der Waals surface area (Å²) in [5.74, 6) is 0.395. The van der Waals surface area contributed by atoms with Crippen molar-refractivity contribution < 1.29 is 18.0 Å². The first-order valence-corrected chi connectivity index (χ1v) is 9.30. The van der Waals surface area contributed by atoms with Crippen LogP contribution >= 0.6 is 11.3 Å². The minimum absolute atomic E-state index is 0.291. The van der Waals surface area contributed by atoms with E-state index in [4.69, 9.17) is 0 Å². The molecule has 1 aliphatic rings. The highest BCUT2D eigenvalue weighted by atomic mass is 32.1. The second kappa shape index (κ2) is 7.61. The van der Waals surface area contributed by atoms with Gasteiger partial charge in [-0.2, -0.15) is 18.3 Å². The Labute approximate surface area is 153 Å². The van der Waals surface area contributed by atoms with E-state index in [9.17, 15) is 18.0 Å². The van der Waals surface area contributed by atoms with Crippen molar-refractivity contribution in [3.05, 3.63) is 56.8 Å². The van der Waals surface area contributed by atoms with E-state index in [1.807, 2.05) is 6.07 Å². The second-order valence-corrected chi connectivity index (χ2v) is 7.53. The molecule has 1 aromatic heterocycles. The lowest BCUT2D eigenvalue weighted by molar-refractivity contribution is -0.137. The normalized spacial score (nSPS) is 17.3. The molecule has 1 heterocycles.